The maximum atomic E-state index is 12.6. The quantitative estimate of drug-likeness (QED) is 0.777. The van der Waals surface area contributed by atoms with Gasteiger partial charge in [0.2, 0.25) is 0 Å². The predicted octanol–water partition coefficient (Wildman–Crippen LogP) is 0.263. The molecule has 0 aliphatic heterocycles. The third-order valence-corrected chi connectivity index (χ3v) is 3.25. The molecule has 118 valence electrons. The van der Waals surface area contributed by atoms with Crippen molar-refractivity contribution in [2.45, 2.75) is 20.8 Å². The molecule has 0 aromatic carbocycles. The van der Waals surface area contributed by atoms with Gasteiger partial charge in [0, 0.05) is 7.05 Å². The Morgan fingerprint density at radius 1 is 1.09 bits per heavy atom. The number of anilines is 2. The van der Waals surface area contributed by atoms with Crippen LogP contribution in [0.2, 0.25) is 0 Å². The van der Waals surface area contributed by atoms with Gasteiger partial charge in [-0.25, -0.2) is 4.79 Å². The monoisotopic (exact) mass is 306 g/mol. The Morgan fingerprint density at radius 3 is 2.18 bits per heavy atom. The molecule has 9 heteroatoms. The summed E-state index contributed by atoms with van der Waals surface area (Å²) >= 11 is 0. The third kappa shape index (κ3) is 2.30. The number of nitrogen functional groups attached to an aromatic ring is 2. The van der Waals surface area contributed by atoms with Crippen molar-refractivity contribution in [3.05, 3.63) is 22.5 Å². The number of aromatic nitrogens is 4. The molecule has 0 spiro atoms. The van der Waals surface area contributed by atoms with Crippen molar-refractivity contribution in [2.75, 3.05) is 18.1 Å². The number of hydrogen-bond acceptors (Lipinski definition) is 7. The fourth-order valence-electron chi connectivity index (χ4n) is 2.20. The minimum absolute atomic E-state index is 0.0790. The van der Waals surface area contributed by atoms with Crippen molar-refractivity contribution in [1.29, 1.82) is 0 Å². The molecule has 2 rings (SSSR count). The van der Waals surface area contributed by atoms with E-state index in [0.717, 1.165) is 4.68 Å². The molecule has 0 aliphatic carbocycles. The Bertz CT molecular complexity index is 758. The lowest BCUT2D eigenvalue weighted by atomic mass is 10.2. The Morgan fingerprint density at radius 2 is 1.68 bits per heavy atom. The number of nitrogens with zero attached hydrogens (tertiary/aromatic N) is 4. The first-order valence-electron chi connectivity index (χ1n) is 6.65. The Kier molecular flexibility index (Phi) is 3.89. The molecule has 0 amide bonds. The number of carbonyl (C=O) groups excluding carboxylic acids is 2. The maximum Gasteiger partial charge on any atom is 0.343 e. The first kappa shape index (κ1) is 15.5. The summed E-state index contributed by atoms with van der Waals surface area (Å²) in [7, 11) is 1.63. The standard InChI is InChI=1S/C13H18N6O3/c1-5-22-13(21)9-7(3)17-19(11(9)15)12(20)8-6(2)16-18(4)10(8)14/h5,14-15H2,1-4H3. The van der Waals surface area contributed by atoms with Gasteiger partial charge in [-0.3, -0.25) is 9.48 Å². The highest BCUT2D eigenvalue weighted by atomic mass is 16.5. The van der Waals surface area contributed by atoms with Crippen molar-refractivity contribution in [1.82, 2.24) is 19.6 Å². The molecule has 9 nitrogen and oxygen atoms in total. The van der Waals surface area contributed by atoms with Crippen molar-refractivity contribution in [3.8, 4) is 0 Å². The zero-order valence-corrected chi connectivity index (χ0v) is 12.9. The molecule has 0 saturated carbocycles. The summed E-state index contributed by atoms with van der Waals surface area (Å²) in [6, 6.07) is 0. The number of ether oxygens (including phenoxy) is 1. The van der Waals surface area contributed by atoms with Gasteiger partial charge in [-0.1, -0.05) is 0 Å². The number of esters is 1. The molecule has 0 bridgehead atoms. The summed E-state index contributed by atoms with van der Waals surface area (Å²) in [4.78, 5) is 24.5. The Hall–Kier alpha value is -2.84. The molecule has 22 heavy (non-hydrogen) atoms. The smallest absolute Gasteiger partial charge is 0.343 e. The van der Waals surface area contributed by atoms with E-state index in [1.54, 1.807) is 27.8 Å². The van der Waals surface area contributed by atoms with Crippen molar-refractivity contribution < 1.29 is 14.3 Å². The molecule has 0 radical (unpaired) electrons. The van der Waals surface area contributed by atoms with Gasteiger partial charge in [0.05, 0.1) is 18.0 Å². The maximum absolute atomic E-state index is 12.6. The first-order chi connectivity index (χ1) is 10.3. The molecular weight excluding hydrogens is 288 g/mol. The summed E-state index contributed by atoms with van der Waals surface area (Å²) in [5, 5.41) is 8.11. The summed E-state index contributed by atoms with van der Waals surface area (Å²) in [6.45, 7) is 5.11. The number of nitrogens with two attached hydrogens (primary N) is 2. The van der Waals surface area contributed by atoms with Gasteiger partial charge in [-0.05, 0) is 20.8 Å². The van der Waals surface area contributed by atoms with Crippen LogP contribution in [0.5, 0.6) is 0 Å². The molecule has 2 aromatic heterocycles. The fraction of sp³-hybridized carbons (Fsp3) is 0.385. The van der Waals surface area contributed by atoms with Crippen LogP contribution < -0.4 is 11.5 Å². The summed E-state index contributed by atoms with van der Waals surface area (Å²) in [5.41, 5.74) is 12.8. The lowest BCUT2D eigenvalue weighted by Gasteiger charge is -2.04. The molecule has 0 fully saturated rings. The van der Waals surface area contributed by atoms with Gasteiger partial charge in [0.1, 0.15) is 22.8 Å². The predicted molar refractivity (Wildman–Crippen MR) is 79.4 cm³/mol. The molecular formula is C13H18N6O3. The largest absolute Gasteiger partial charge is 0.462 e. The zero-order valence-electron chi connectivity index (χ0n) is 12.9. The van der Waals surface area contributed by atoms with Gasteiger partial charge in [0.15, 0.2) is 0 Å². The van der Waals surface area contributed by atoms with Crippen LogP contribution in [0.3, 0.4) is 0 Å². The van der Waals surface area contributed by atoms with E-state index in [-0.39, 0.29) is 29.4 Å². The van der Waals surface area contributed by atoms with Crippen molar-refractivity contribution >= 4 is 23.5 Å². The van der Waals surface area contributed by atoms with E-state index in [4.69, 9.17) is 16.2 Å². The van der Waals surface area contributed by atoms with Gasteiger partial charge >= 0.3 is 5.97 Å². The van der Waals surface area contributed by atoms with Crippen molar-refractivity contribution in [2.24, 2.45) is 7.05 Å². The number of carbonyl (C=O) groups is 2. The van der Waals surface area contributed by atoms with Crippen molar-refractivity contribution in [3.63, 3.8) is 0 Å². The van der Waals surface area contributed by atoms with Crippen LogP contribution in [0.1, 0.15) is 39.0 Å². The Labute approximate surface area is 126 Å². The van der Waals surface area contributed by atoms with Gasteiger partial charge in [-0.15, -0.1) is 0 Å². The lowest BCUT2D eigenvalue weighted by Crippen LogP contribution is -2.19. The first-order valence-corrected chi connectivity index (χ1v) is 6.65. The summed E-state index contributed by atoms with van der Waals surface area (Å²) in [6.07, 6.45) is 0. The van der Waals surface area contributed by atoms with E-state index in [0.29, 0.717) is 11.4 Å². The van der Waals surface area contributed by atoms with Gasteiger partial charge < -0.3 is 16.2 Å². The molecule has 0 atom stereocenters. The van der Waals surface area contributed by atoms with Gasteiger partial charge in [0.25, 0.3) is 5.91 Å². The number of hydrogen-bond donors (Lipinski definition) is 2. The number of rotatable bonds is 3. The molecule has 0 aliphatic rings. The second-order valence-corrected chi connectivity index (χ2v) is 4.75. The van der Waals surface area contributed by atoms with E-state index in [2.05, 4.69) is 10.2 Å². The minimum Gasteiger partial charge on any atom is -0.462 e. The molecule has 2 aromatic rings. The van der Waals surface area contributed by atoms with Crippen LogP contribution in [0, 0.1) is 13.8 Å². The van der Waals surface area contributed by atoms with E-state index >= 15 is 0 Å². The normalized spacial score (nSPS) is 10.7. The van der Waals surface area contributed by atoms with E-state index in [1.807, 2.05) is 0 Å². The molecule has 0 unspecified atom stereocenters. The minimum atomic E-state index is -0.618. The van der Waals surface area contributed by atoms with Crippen LogP contribution in [0.4, 0.5) is 11.6 Å². The van der Waals surface area contributed by atoms with E-state index < -0.39 is 11.9 Å². The molecule has 2 heterocycles. The SMILES string of the molecule is CCOC(=O)c1c(C)nn(C(=O)c2c(C)nn(C)c2N)c1N. The van der Waals surface area contributed by atoms with Crippen LogP contribution in [-0.2, 0) is 11.8 Å². The Balaban J connectivity index is 2.52. The zero-order chi connectivity index (χ0) is 16.6. The van der Waals surface area contributed by atoms with Gasteiger partial charge in [-0.2, -0.15) is 14.9 Å². The number of aryl methyl sites for hydroxylation is 3. The highest BCUT2D eigenvalue weighted by Gasteiger charge is 2.27. The lowest BCUT2D eigenvalue weighted by molar-refractivity contribution is 0.0527. The summed E-state index contributed by atoms with van der Waals surface area (Å²) in [5.74, 6) is -1.04. The topological polar surface area (TPSA) is 131 Å². The molecule has 0 saturated heterocycles. The second kappa shape index (κ2) is 5.51. The van der Waals surface area contributed by atoms with Crippen LogP contribution in [-0.4, -0.2) is 38.0 Å². The average Bonchev–Trinajstić information content (AvgIpc) is 2.86. The van der Waals surface area contributed by atoms with E-state index in [9.17, 15) is 9.59 Å². The molecule has 4 N–H and O–H groups in total. The van der Waals surface area contributed by atoms with Crippen LogP contribution in [0.25, 0.3) is 0 Å². The highest BCUT2D eigenvalue weighted by molar-refractivity contribution is 6.04. The second-order valence-electron chi connectivity index (χ2n) is 4.75. The third-order valence-electron chi connectivity index (χ3n) is 3.25. The van der Waals surface area contributed by atoms with E-state index in [1.165, 1.54) is 4.68 Å². The fourth-order valence-corrected chi connectivity index (χ4v) is 2.20. The van der Waals surface area contributed by atoms with Crippen LogP contribution in [0.15, 0.2) is 0 Å². The van der Waals surface area contributed by atoms with Crippen LogP contribution >= 0.6 is 0 Å². The average molecular weight is 306 g/mol. The summed E-state index contributed by atoms with van der Waals surface area (Å²) < 4.78 is 7.25. The highest BCUT2D eigenvalue weighted by Crippen LogP contribution is 2.22.